The molecule has 0 aliphatic heterocycles. The Labute approximate surface area is 226 Å². The Hall–Kier alpha value is -3.65. The second-order valence-electron chi connectivity index (χ2n) is 9.75. The summed E-state index contributed by atoms with van der Waals surface area (Å²) in [6.07, 6.45) is 0. The number of amides is 2. The smallest absolute Gasteiger partial charge is 0.264 e. The molecule has 0 aromatic heterocycles. The first kappa shape index (κ1) is 28.9. The van der Waals surface area contributed by atoms with E-state index in [0.29, 0.717) is 12.2 Å². The molecule has 0 saturated heterocycles. The minimum Gasteiger partial charge on any atom is -0.355 e. The van der Waals surface area contributed by atoms with Crippen LogP contribution in [-0.2, 0) is 26.2 Å². The Balaban J connectivity index is 2.07. The van der Waals surface area contributed by atoms with Gasteiger partial charge >= 0.3 is 0 Å². The number of hydrogen-bond acceptors (Lipinski definition) is 4. The summed E-state index contributed by atoms with van der Waals surface area (Å²) in [5.74, 6) is -0.770. The van der Waals surface area contributed by atoms with Crippen molar-refractivity contribution in [1.82, 2.24) is 10.2 Å². The summed E-state index contributed by atoms with van der Waals surface area (Å²) in [7, 11) is -4.08. The molecule has 38 heavy (non-hydrogen) atoms. The number of hydrogen-bond donors (Lipinski definition) is 1. The number of carbonyl (C=O) groups excluding carboxylic acids is 2. The van der Waals surface area contributed by atoms with Crippen LogP contribution >= 0.6 is 0 Å². The van der Waals surface area contributed by atoms with Crippen LogP contribution in [0, 0.1) is 27.7 Å². The van der Waals surface area contributed by atoms with Gasteiger partial charge in [-0.2, -0.15) is 0 Å². The van der Waals surface area contributed by atoms with Gasteiger partial charge in [0.1, 0.15) is 12.6 Å². The van der Waals surface area contributed by atoms with Gasteiger partial charge in [0.15, 0.2) is 0 Å². The molecule has 1 N–H and O–H groups in total. The van der Waals surface area contributed by atoms with Crippen molar-refractivity contribution >= 4 is 27.5 Å². The molecule has 7 nitrogen and oxygen atoms in total. The average Bonchev–Trinajstić information content (AvgIpc) is 2.85. The summed E-state index contributed by atoms with van der Waals surface area (Å²) in [6, 6.07) is 18.9. The lowest BCUT2D eigenvalue weighted by atomic mass is 10.1. The van der Waals surface area contributed by atoms with Crippen LogP contribution in [0.1, 0.15) is 41.7 Å². The Bertz CT molecular complexity index is 1380. The highest BCUT2D eigenvalue weighted by molar-refractivity contribution is 7.92. The third-order valence-corrected chi connectivity index (χ3v) is 8.12. The fourth-order valence-corrected chi connectivity index (χ4v) is 5.77. The number of aryl methyl sites for hydroxylation is 4. The zero-order valence-electron chi connectivity index (χ0n) is 23.0. The average molecular weight is 536 g/mol. The third kappa shape index (κ3) is 7.01. The molecular weight excluding hydrogens is 498 g/mol. The van der Waals surface area contributed by atoms with Gasteiger partial charge in [-0.1, -0.05) is 53.6 Å². The molecule has 0 heterocycles. The molecule has 3 rings (SSSR count). The zero-order valence-corrected chi connectivity index (χ0v) is 23.8. The first-order valence-electron chi connectivity index (χ1n) is 12.7. The van der Waals surface area contributed by atoms with Crippen molar-refractivity contribution < 1.29 is 18.0 Å². The SMILES string of the molecule is CCNC(=O)[C@H](C)N(Cc1cccc(C)c1)C(=O)CN(c1cc(C)cc(C)c1)S(=O)(=O)c1ccc(C)cc1. The highest BCUT2D eigenvalue weighted by Crippen LogP contribution is 2.27. The van der Waals surface area contributed by atoms with Crippen molar-refractivity contribution in [3.8, 4) is 0 Å². The van der Waals surface area contributed by atoms with E-state index in [4.69, 9.17) is 0 Å². The van der Waals surface area contributed by atoms with Crippen molar-refractivity contribution in [3.05, 3.63) is 94.5 Å². The van der Waals surface area contributed by atoms with Crippen molar-refractivity contribution in [2.24, 2.45) is 0 Å². The van der Waals surface area contributed by atoms with E-state index in [0.717, 1.165) is 32.1 Å². The van der Waals surface area contributed by atoms with E-state index in [1.165, 1.54) is 4.90 Å². The van der Waals surface area contributed by atoms with Crippen LogP contribution < -0.4 is 9.62 Å². The number of benzene rings is 3. The largest absolute Gasteiger partial charge is 0.355 e. The van der Waals surface area contributed by atoms with E-state index >= 15 is 0 Å². The van der Waals surface area contributed by atoms with Gasteiger partial charge in [-0.15, -0.1) is 0 Å². The molecule has 0 saturated carbocycles. The predicted molar refractivity (Wildman–Crippen MR) is 152 cm³/mol. The van der Waals surface area contributed by atoms with Gasteiger partial charge in [0.25, 0.3) is 10.0 Å². The number of sulfonamides is 1. The van der Waals surface area contributed by atoms with Gasteiger partial charge in [-0.05, 0) is 82.5 Å². The topological polar surface area (TPSA) is 86.8 Å². The van der Waals surface area contributed by atoms with E-state index in [1.807, 2.05) is 65.0 Å². The highest BCUT2D eigenvalue weighted by atomic mass is 32.2. The first-order valence-corrected chi connectivity index (χ1v) is 14.2. The summed E-state index contributed by atoms with van der Waals surface area (Å²) < 4.78 is 29.0. The van der Waals surface area contributed by atoms with Gasteiger partial charge < -0.3 is 10.2 Å². The molecule has 0 aliphatic rings. The molecule has 0 fully saturated rings. The minimum absolute atomic E-state index is 0.0945. The van der Waals surface area contributed by atoms with E-state index in [2.05, 4.69) is 5.32 Å². The van der Waals surface area contributed by atoms with Crippen LogP contribution in [0.2, 0.25) is 0 Å². The summed E-state index contributed by atoms with van der Waals surface area (Å²) in [5.41, 5.74) is 4.97. The van der Waals surface area contributed by atoms with Crippen LogP contribution in [0.25, 0.3) is 0 Å². The Kier molecular flexibility index (Phi) is 9.33. The molecule has 0 bridgehead atoms. The Morgan fingerprint density at radius 3 is 2.05 bits per heavy atom. The molecule has 0 unspecified atom stereocenters. The van der Waals surface area contributed by atoms with E-state index in [1.54, 1.807) is 43.3 Å². The molecule has 3 aromatic carbocycles. The van der Waals surface area contributed by atoms with Crippen molar-refractivity contribution in [1.29, 1.82) is 0 Å². The molecular formula is C30H37N3O4S. The lowest BCUT2D eigenvalue weighted by molar-refractivity contribution is -0.139. The predicted octanol–water partition coefficient (Wildman–Crippen LogP) is 4.67. The maximum atomic E-state index is 13.9. The number of carbonyl (C=O) groups is 2. The summed E-state index contributed by atoms with van der Waals surface area (Å²) >= 11 is 0. The summed E-state index contributed by atoms with van der Waals surface area (Å²) in [6.45, 7) is 11.2. The Morgan fingerprint density at radius 2 is 1.47 bits per heavy atom. The molecule has 2 amide bonds. The van der Waals surface area contributed by atoms with Crippen LogP contribution in [0.15, 0.2) is 71.6 Å². The van der Waals surface area contributed by atoms with Crippen LogP contribution in [-0.4, -0.2) is 44.3 Å². The molecule has 0 aliphatic carbocycles. The normalized spacial score (nSPS) is 12.1. The molecule has 8 heteroatoms. The molecule has 202 valence electrons. The highest BCUT2D eigenvalue weighted by Gasteiger charge is 2.32. The molecule has 3 aromatic rings. The number of rotatable bonds is 10. The minimum atomic E-state index is -4.08. The van der Waals surface area contributed by atoms with Crippen molar-refractivity contribution in [2.45, 2.75) is 59.0 Å². The summed E-state index contributed by atoms with van der Waals surface area (Å²) in [4.78, 5) is 28.3. The number of anilines is 1. The Morgan fingerprint density at radius 1 is 0.842 bits per heavy atom. The second kappa shape index (κ2) is 12.3. The molecule has 0 radical (unpaired) electrons. The fraction of sp³-hybridized carbons (Fsp3) is 0.333. The standard InChI is InChI=1S/C30H37N3O4S/c1-7-31-30(35)25(6)32(19-26-10-8-9-22(3)16-26)29(34)20-33(27-17-23(4)15-24(5)18-27)38(36,37)28-13-11-21(2)12-14-28/h8-18,25H,7,19-20H2,1-6H3,(H,31,35)/t25-/m0/s1. The first-order chi connectivity index (χ1) is 17.9. The second-order valence-corrected chi connectivity index (χ2v) is 11.6. The monoisotopic (exact) mass is 535 g/mol. The summed E-state index contributed by atoms with van der Waals surface area (Å²) in [5, 5.41) is 2.77. The van der Waals surface area contributed by atoms with E-state index < -0.39 is 28.5 Å². The molecule has 1 atom stereocenters. The maximum Gasteiger partial charge on any atom is 0.264 e. The van der Waals surface area contributed by atoms with Gasteiger partial charge in [0.05, 0.1) is 10.6 Å². The quantitative estimate of drug-likeness (QED) is 0.409. The van der Waals surface area contributed by atoms with Crippen LogP contribution in [0.3, 0.4) is 0 Å². The number of nitrogens with one attached hydrogen (secondary N) is 1. The van der Waals surface area contributed by atoms with E-state index in [9.17, 15) is 18.0 Å². The van der Waals surface area contributed by atoms with Crippen molar-refractivity contribution in [3.63, 3.8) is 0 Å². The molecule has 0 spiro atoms. The van der Waals surface area contributed by atoms with Crippen LogP contribution in [0.4, 0.5) is 5.69 Å². The fourth-order valence-electron chi connectivity index (χ4n) is 4.37. The van der Waals surface area contributed by atoms with Gasteiger partial charge in [0, 0.05) is 13.1 Å². The number of nitrogens with zero attached hydrogens (tertiary/aromatic N) is 2. The van der Waals surface area contributed by atoms with Crippen molar-refractivity contribution in [2.75, 3.05) is 17.4 Å². The zero-order chi connectivity index (χ0) is 28.0. The van der Waals surface area contributed by atoms with Gasteiger partial charge in [-0.25, -0.2) is 8.42 Å². The lowest BCUT2D eigenvalue weighted by Gasteiger charge is -2.32. The maximum absolute atomic E-state index is 13.9. The van der Waals surface area contributed by atoms with E-state index in [-0.39, 0.29) is 17.3 Å². The third-order valence-electron chi connectivity index (χ3n) is 6.34. The van der Waals surface area contributed by atoms with Gasteiger partial charge in [-0.3, -0.25) is 13.9 Å². The van der Waals surface area contributed by atoms with Crippen LogP contribution in [0.5, 0.6) is 0 Å². The van der Waals surface area contributed by atoms with Gasteiger partial charge in [0.2, 0.25) is 11.8 Å². The number of likely N-dealkylation sites (N-methyl/N-ethyl adjacent to an activating group) is 1. The lowest BCUT2D eigenvalue weighted by Crippen LogP contribution is -2.51.